The van der Waals surface area contributed by atoms with E-state index in [-0.39, 0.29) is 0 Å². The summed E-state index contributed by atoms with van der Waals surface area (Å²) >= 11 is 3.41. The average molecular weight is 253 g/mol. The van der Waals surface area contributed by atoms with Crippen LogP contribution in [0.5, 0.6) is 0 Å². The smallest absolute Gasteiger partial charge is 0.150 e. The van der Waals surface area contributed by atoms with Crippen LogP contribution in [0.25, 0.3) is 5.52 Å². The molecule has 0 atom stereocenters. The van der Waals surface area contributed by atoms with Gasteiger partial charge in [-0.05, 0) is 28.8 Å². The molecule has 5 heteroatoms. The van der Waals surface area contributed by atoms with Crippen LogP contribution in [-0.4, -0.2) is 14.4 Å². The summed E-state index contributed by atoms with van der Waals surface area (Å²) in [6, 6.07) is 0. The van der Waals surface area contributed by atoms with Crippen molar-refractivity contribution in [1.82, 2.24) is 14.4 Å². The molecule has 2 heterocycles. The van der Waals surface area contributed by atoms with E-state index in [1.165, 1.54) is 12.8 Å². The maximum Gasteiger partial charge on any atom is 0.150 e. The number of rotatable bonds is 1. The molecule has 2 aromatic rings. The molecule has 1 aliphatic rings. The number of hydrogen-bond donors (Lipinski definition) is 1. The molecule has 1 saturated carbocycles. The van der Waals surface area contributed by atoms with Gasteiger partial charge in [-0.2, -0.15) is 0 Å². The van der Waals surface area contributed by atoms with E-state index in [1.807, 2.05) is 10.6 Å². The average Bonchev–Trinajstić information content (AvgIpc) is 2.93. The Kier molecular flexibility index (Phi) is 1.58. The molecule has 4 nitrogen and oxygen atoms in total. The van der Waals surface area contributed by atoms with Gasteiger partial charge in [0.05, 0.1) is 0 Å². The summed E-state index contributed by atoms with van der Waals surface area (Å²) in [5.74, 6) is 2.23. The highest BCUT2D eigenvalue weighted by Gasteiger charge is 2.29. The first-order chi connectivity index (χ1) is 6.77. The van der Waals surface area contributed by atoms with E-state index >= 15 is 0 Å². The van der Waals surface area contributed by atoms with E-state index in [1.54, 1.807) is 6.20 Å². The van der Waals surface area contributed by atoms with Crippen LogP contribution in [0.15, 0.2) is 17.0 Å². The summed E-state index contributed by atoms with van der Waals surface area (Å²) in [6.07, 6.45) is 6.08. The highest BCUT2D eigenvalue weighted by atomic mass is 79.9. The van der Waals surface area contributed by atoms with Gasteiger partial charge in [0, 0.05) is 18.3 Å². The second-order valence-electron chi connectivity index (χ2n) is 3.57. The molecule has 0 spiro atoms. The topological polar surface area (TPSA) is 56.2 Å². The quantitative estimate of drug-likeness (QED) is 0.845. The van der Waals surface area contributed by atoms with Crippen molar-refractivity contribution in [3.8, 4) is 0 Å². The first-order valence-electron chi connectivity index (χ1n) is 4.55. The summed E-state index contributed by atoms with van der Waals surface area (Å²) in [6.45, 7) is 0. The van der Waals surface area contributed by atoms with Crippen LogP contribution in [0.3, 0.4) is 0 Å². The van der Waals surface area contributed by atoms with Gasteiger partial charge in [0.25, 0.3) is 0 Å². The number of anilines is 1. The van der Waals surface area contributed by atoms with Crippen molar-refractivity contribution in [2.45, 2.75) is 18.8 Å². The Balaban J connectivity index is 2.37. The normalized spacial score (nSPS) is 16.4. The predicted molar refractivity (Wildman–Crippen MR) is 57.1 cm³/mol. The maximum absolute atomic E-state index is 5.79. The van der Waals surface area contributed by atoms with Crippen LogP contribution in [-0.2, 0) is 0 Å². The molecule has 72 valence electrons. The van der Waals surface area contributed by atoms with Gasteiger partial charge < -0.3 is 5.73 Å². The fourth-order valence-corrected chi connectivity index (χ4v) is 2.25. The van der Waals surface area contributed by atoms with Crippen LogP contribution in [0.1, 0.15) is 24.6 Å². The number of nitrogens with two attached hydrogens (primary N) is 1. The van der Waals surface area contributed by atoms with Crippen LogP contribution >= 0.6 is 15.9 Å². The van der Waals surface area contributed by atoms with Crippen molar-refractivity contribution < 1.29 is 0 Å². The zero-order valence-corrected chi connectivity index (χ0v) is 9.03. The van der Waals surface area contributed by atoms with Gasteiger partial charge in [-0.15, -0.1) is 0 Å². The van der Waals surface area contributed by atoms with Crippen molar-refractivity contribution in [1.29, 1.82) is 0 Å². The van der Waals surface area contributed by atoms with Gasteiger partial charge >= 0.3 is 0 Å². The summed E-state index contributed by atoms with van der Waals surface area (Å²) in [5, 5.41) is 0. The fraction of sp³-hybridized carbons (Fsp3) is 0.333. The Morgan fingerprint density at radius 3 is 3.00 bits per heavy atom. The number of halogens is 1. The lowest BCUT2D eigenvalue weighted by atomic mass is 10.4. The monoisotopic (exact) mass is 252 g/mol. The second kappa shape index (κ2) is 2.70. The largest absolute Gasteiger partial charge is 0.382 e. The lowest BCUT2D eigenvalue weighted by molar-refractivity contribution is 0.914. The van der Waals surface area contributed by atoms with Crippen LogP contribution < -0.4 is 5.73 Å². The van der Waals surface area contributed by atoms with Gasteiger partial charge in [-0.3, -0.25) is 4.40 Å². The molecule has 14 heavy (non-hydrogen) atoms. The Hall–Kier alpha value is -1.10. The summed E-state index contributed by atoms with van der Waals surface area (Å²) in [4.78, 5) is 8.52. The number of fused-ring (bicyclic) bond motifs is 1. The zero-order chi connectivity index (χ0) is 9.71. The SMILES string of the molecule is Nc1nccn2c(C3CC3)nc(Br)c12. The summed E-state index contributed by atoms with van der Waals surface area (Å²) in [7, 11) is 0. The minimum absolute atomic E-state index is 0.527. The number of nitrogen functional groups attached to an aromatic ring is 1. The summed E-state index contributed by atoms with van der Waals surface area (Å²) in [5.41, 5.74) is 6.67. The standard InChI is InChI=1S/C9H9BrN4/c10-7-6-8(11)12-3-4-14(6)9(13-7)5-1-2-5/h3-5H,1-2H2,(H2,11,12). The van der Waals surface area contributed by atoms with E-state index < -0.39 is 0 Å². The molecule has 0 saturated heterocycles. The predicted octanol–water partition coefficient (Wildman–Crippen LogP) is 1.95. The van der Waals surface area contributed by atoms with Crippen molar-refractivity contribution in [3.63, 3.8) is 0 Å². The Morgan fingerprint density at radius 1 is 1.50 bits per heavy atom. The molecular weight excluding hydrogens is 244 g/mol. The van der Waals surface area contributed by atoms with Crippen molar-refractivity contribution >= 4 is 27.3 Å². The van der Waals surface area contributed by atoms with Gasteiger partial charge in [0.15, 0.2) is 5.82 Å². The lowest BCUT2D eigenvalue weighted by Gasteiger charge is -1.99. The zero-order valence-electron chi connectivity index (χ0n) is 7.44. The van der Waals surface area contributed by atoms with E-state index in [0.717, 1.165) is 15.9 Å². The van der Waals surface area contributed by atoms with Crippen LogP contribution in [0, 0.1) is 0 Å². The summed E-state index contributed by atoms with van der Waals surface area (Å²) < 4.78 is 2.83. The Morgan fingerprint density at radius 2 is 2.29 bits per heavy atom. The van der Waals surface area contributed by atoms with Crippen molar-refractivity contribution in [2.75, 3.05) is 5.73 Å². The third-order valence-electron chi connectivity index (χ3n) is 2.51. The van der Waals surface area contributed by atoms with Crippen LogP contribution in [0.4, 0.5) is 5.82 Å². The molecule has 0 aliphatic heterocycles. The van der Waals surface area contributed by atoms with Gasteiger partial charge in [0.2, 0.25) is 0 Å². The van der Waals surface area contributed by atoms with Gasteiger partial charge in [0.1, 0.15) is 15.9 Å². The van der Waals surface area contributed by atoms with Gasteiger partial charge in [-0.1, -0.05) is 0 Å². The molecular formula is C9H9BrN4. The third kappa shape index (κ3) is 1.05. The van der Waals surface area contributed by atoms with E-state index in [0.29, 0.717) is 11.7 Å². The molecule has 2 N–H and O–H groups in total. The minimum atomic E-state index is 0.527. The number of hydrogen-bond acceptors (Lipinski definition) is 3. The first kappa shape index (κ1) is 8.23. The van der Waals surface area contributed by atoms with Crippen molar-refractivity contribution in [3.05, 3.63) is 22.8 Å². The highest BCUT2D eigenvalue weighted by Crippen LogP contribution is 2.41. The number of imidazole rings is 1. The molecule has 3 rings (SSSR count). The maximum atomic E-state index is 5.79. The molecule has 0 unspecified atom stereocenters. The Bertz CT molecular complexity index is 501. The molecule has 0 bridgehead atoms. The number of nitrogens with zero attached hydrogens (tertiary/aromatic N) is 3. The lowest BCUT2D eigenvalue weighted by Crippen LogP contribution is -1.97. The van der Waals surface area contributed by atoms with E-state index in [2.05, 4.69) is 25.9 Å². The van der Waals surface area contributed by atoms with Gasteiger partial charge in [-0.25, -0.2) is 9.97 Å². The molecule has 0 aromatic carbocycles. The fourth-order valence-electron chi connectivity index (χ4n) is 1.67. The third-order valence-corrected chi connectivity index (χ3v) is 3.06. The first-order valence-corrected chi connectivity index (χ1v) is 5.34. The van der Waals surface area contributed by atoms with Crippen LogP contribution in [0.2, 0.25) is 0 Å². The molecule has 0 radical (unpaired) electrons. The highest BCUT2D eigenvalue weighted by molar-refractivity contribution is 9.10. The Labute approximate surface area is 89.3 Å². The molecule has 1 fully saturated rings. The second-order valence-corrected chi connectivity index (χ2v) is 4.32. The van der Waals surface area contributed by atoms with E-state index in [4.69, 9.17) is 5.73 Å². The minimum Gasteiger partial charge on any atom is -0.382 e. The molecule has 2 aromatic heterocycles. The molecule has 1 aliphatic carbocycles. The van der Waals surface area contributed by atoms with Crippen molar-refractivity contribution in [2.24, 2.45) is 0 Å². The van der Waals surface area contributed by atoms with E-state index in [9.17, 15) is 0 Å². The molecule has 0 amide bonds. The number of aromatic nitrogens is 3.